The highest BCUT2D eigenvalue weighted by molar-refractivity contribution is 7.83. The molecule has 13 heavy (non-hydrogen) atoms. The second kappa shape index (κ2) is 5.21. The van der Waals surface area contributed by atoms with Gasteiger partial charge in [0.05, 0.1) is 12.2 Å². The zero-order valence-electron chi connectivity index (χ0n) is 6.98. The predicted molar refractivity (Wildman–Crippen MR) is 42.1 cm³/mol. The van der Waals surface area contributed by atoms with Crippen LogP contribution >= 0.6 is 0 Å². The van der Waals surface area contributed by atoms with Gasteiger partial charge in [0.25, 0.3) is 0 Å². The molecule has 7 heteroatoms. The van der Waals surface area contributed by atoms with Crippen molar-refractivity contribution in [1.82, 2.24) is 4.72 Å². The van der Waals surface area contributed by atoms with Crippen molar-refractivity contribution in [3.05, 3.63) is 0 Å². The number of rotatable bonds is 4. The van der Waals surface area contributed by atoms with Crippen molar-refractivity contribution in [1.29, 1.82) is 0 Å². The monoisotopic (exact) mass is 217 g/mol. The summed E-state index contributed by atoms with van der Waals surface area (Å²) in [5.41, 5.74) is 0. The quantitative estimate of drug-likeness (QED) is 0.767. The Balaban J connectivity index is 3.70. The number of hydrogen-bond acceptors (Lipinski definition) is 2. The van der Waals surface area contributed by atoms with Crippen molar-refractivity contribution in [2.24, 2.45) is 0 Å². The Kier molecular flexibility index (Phi) is 4.97. The smallest absolute Gasteiger partial charge is 0.275 e. The molecule has 1 atom stereocenters. The minimum Gasteiger partial charge on any atom is -0.275 e. The molecule has 0 saturated heterocycles. The summed E-state index contributed by atoms with van der Waals surface area (Å²) in [7, 11) is -1.92. The van der Waals surface area contributed by atoms with Crippen molar-refractivity contribution in [3.63, 3.8) is 0 Å². The highest BCUT2D eigenvalue weighted by Gasteiger charge is 2.27. The van der Waals surface area contributed by atoms with Crippen LogP contribution in [0.1, 0.15) is 19.8 Å². The zero-order valence-corrected chi connectivity index (χ0v) is 7.80. The molecule has 0 spiro atoms. The maximum absolute atomic E-state index is 11.6. The molecule has 0 heterocycles. The van der Waals surface area contributed by atoms with Crippen LogP contribution in [0.25, 0.3) is 0 Å². The fourth-order valence-corrected chi connectivity index (χ4v) is 1.38. The van der Waals surface area contributed by atoms with E-state index in [1.165, 1.54) is 6.92 Å². The molecule has 1 unspecified atom stereocenters. The molecule has 0 bridgehead atoms. The minimum atomic E-state index is -4.33. The number of nitrogens with one attached hydrogen (secondary N) is 1. The molecule has 0 aromatic heterocycles. The van der Waals surface area contributed by atoms with Crippen LogP contribution in [0.15, 0.2) is 0 Å². The maximum atomic E-state index is 11.6. The summed E-state index contributed by atoms with van der Waals surface area (Å²) < 4.78 is 47.4. The summed E-state index contributed by atoms with van der Waals surface area (Å²) in [6, 6.07) is 0. The van der Waals surface area contributed by atoms with Crippen LogP contribution in [-0.4, -0.2) is 22.0 Å². The summed E-state index contributed by atoms with van der Waals surface area (Å²) in [6.45, 7) is 1.52. The van der Waals surface area contributed by atoms with Crippen molar-refractivity contribution in [3.8, 4) is 0 Å². The van der Waals surface area contributed by atoms with E-state index in [-0.39, 0.29) is 6.42 Å². The fraction of sp³-hybridized carbons (Fsp3) is 0.833. The lowest BCUT2D eigenvalue weighted by molar-refractivity contribution is -0.130. The van der Waals surface area contributed by atoms with Gasteiger partial charge < -0.3 is 0 Å². The van der Waals surface area contributed by atoms with Crippen LogP contribution in [-0.2, 0) is 15.8 Å². The van der Waals surface area contributed by atoms with Gasteiger partial charge in [-0.1, -0.05) is 6.92 Å². The summed E-state index contributed by atoms with van der Waals surface area (Å²) in [6.07, 6.45) is -5.37. The van der Waals surface area contributed by atoms with Gasteiger partial charge in [0, 0.05) is 6.42 Å². The van der Waals surface area contributed by atoms with Gasteiger partial charge >= 0.3 is 6.18 Å². The van der Waals surface area contributed by atoms with Gasteiger partial charge in [0.2, 0.25) is 5.91 Å². The molecule has 0 aromatic rings. The lowest BCUT2D eigenvalue weighted by Gasteiger charge is -2.06. The molecule has 0 aliphatic heterocycles. The van der Waals surface area contributed by atoms with E-state index in [1.54, 1.807) is 0 Å². The normalized spacial score (nSPS) is 13.8. The number of halogens is 3. The van der Waals surface area contributed by atoms with Crippen molar-refractivity contribution < 1.29 is 22.2 Å². The number of hydrogen-bond donors (Lipinski definition) is 1. The average Bonchev–Trinajstić information content (AvgIpc) is 1.99. The molecular weight excluding hydrogens is 207 g/mol. The van der Waals surface area contributed by atoms with Gasteiger partial charge in [0.1, 0.15) is 11.0 Å². The van der Waals surface area contributed by atoms with E-state index < -0.39 is 35.2 Å². The van der Waals surface area contributed by atoms with Gasteiger partial charge in [-0.05, 0) is 0 Å². The first kappa shape index (κ1) is 12.4. The van der Waals surface area contributed by atoms with Crippen molar-refractivity contribution in [2.75, 3.05) is 5.75 Å². The molecule has 0 rings (SSSR count). The molecule has 0 radical (unpaired) electrons. The summed E-state index contributed by atoms with van der Waals surface area (Å²) in [5.74, 6) is -1.10. The predicted octanol–water partition coefficient (Wildman–Crippen LogP) is 1.13. The molecule has 1 amide bonds. The Hall–Kier alpha value is -0.590. The van der Waals surface area contributed by atoms with Gasteiger partial charge in [-0.2, -0.15) is 13.2 Å². The van der Waals surface area contributed by atoms with Crippen LogP contribution in [0.2, 0.25) is 0 Å². The topological polar surface area (TPSA) is 46.2 Å². The van der Waals surface area contributed by atoms with E-state index in [2.05, 4.69) is 0 Å². The molecule has 0 fully saturated rings. The van der Waals surface area contributed by atoms with E-state index >= 15 is 0 Å². The Morgan fingerprint density at radius 1 is 1.46 bits per heavy atom. The standard InChI is InChI=1S/C6H10F3NO2S/c1-2-5(11)10-13(12)4-3-6(7,8)9/h2-4H2,1H3,(H,10,11). The van der Waals surface area contributed by atoms with E-state index in [0.29, 0.717) is 0 Å². The fourth-order valence-electron chi connectivity index (χ4n) is 0.459. The number of alkyl halides is 3. The molecule has 1 N–H and O–H groups in total. The molecule has 0 saturated carbocycles. The van der Waals surface area contributed by atoms with Gasteiger partial charge in [0.15, 0.2) is 0 Å². The van der Waals surface area contributed by atoms with Crippen LogP contribution in [0.5, 0.6) is 0 Å². The SMILES string of the molecule is CCC(=O)NS(=O)CCC(F)(F)F. The van der Waals surface area contributed by atoms with Crippen molar-refractivity contribution in [2.45, 2.75) is 25.9 Å². The first-order chi connectivity index (χ1) is 5.85. The van der Waals surface area contributed by atoms with Crippen LogP contribution in [0, 0.1) is 0 Å². The Labute approximate surface area is 76.3 Å². The van der Waals surface area contributed by atoms with Gasteiger partial charge in [-0.25, -0.2) is 4.21 Å². The highest BCUT2D eigenvalue weighted by atomic mass is 32.2. The molecular formula is C6H10F3NO2S. The highest BCUT2D eigenvalue weighted by Crippen LogP contribution is 2.19. The average molecular weight is 217 g/mol. The molecule has 0 aliphatic rings. The third kappa shape index (κ3) is 7.76. The zero-order chi connectivity index (χ0) is 10.5. The molecule has 78 valence electrons. The van der Waals surface area contributed by atoms with Crippen LogP contribution < -0.4 is 4.72 Å². The molecule has 0 aromatic carbocycles. The second-order valence-electron chi connectivity index (χ2n) is 2.29. The van der Waals surface area contributed by atoms with E-state index in [0.717, 1.165) is 0 Å². The second-order valence-corrected chi connectivity index (χ2v) is 3.60. The van der Waals surface area contributed by atoms with Crippen molar-refractivity contribution >= 4 is 16.9 Å². The summed E-state index contributed by atoms with van der Waals surface area (Å²) >= 11 is 0. The molecule has 0 aliphatic carbocycles. The Morgan fingerprint density at radius 3 is 2.38 bits per heavy atom. The minimum absolute atomic E-state index is 0.109. The maximum Gasteiger partial charge on any atom is 0.390 e. The third-order valence-corrected chi connectivity index (χ3v) is 2.15. The lowest BCUT2D eigenvalue weighted by Crippen LogP contribution is -2.28. The van der Waals surface area contributed by atoms with Crippen LogP contribution in [0.3, 0.4) is 0 Å². The first-order valence-corrected chi connectivity index (χ1v) is 4.91. The first-order valence-electron chi connectivity index (χ1n) is 3.59. The van der Waals surface area contributed by atoms with E-state index in [9.17, 15) is 22.2 Å². The van der Waals surface area contributed by atoms with E-state index in [1.807, 2.05) is 4.72 Å². The summed E-state index contributed by atoms with van der Waals surface area (Å²) in [5, 5.41) is 0. The van der Waals surface area contributed by atoms with Crippen LogP contribution in [0.4, 0.5) is 13.2 Å². The lowest BCUT2D eigenvalue weighted by atomic mass is 10.5. The number of amides is 1. The number of carbonyl (C=O) groups excluding carboxylic acids is 1. The molecule has 3 nitrogen and oxygen atoms in total. The number of carbonyl (C=O) groups is 1. The third-order valence-electron chi connectivity index (χ3n) is 1.12. The van der Waals surface area contributed by atoms with E-state index in [4.69, 9.17) is 0 Å². The Morgan fingerprint density at radius 2 is 2.00 bits per heavy atom. The van der Waals surface area contributed by atoms with Gasteiger partial charge in [-0.3, -0.25) is 9.52 Å². The Bertz CT molecular complexity index is 205. The van der Waals surface area contributed by atoms with Gasteiger partial charge in [-0.15, -0.1) is 0 Å². The largest absolute Gasteiger partial charge is 0.390 e. The summed E-state index contributed by atoms with van der Waals surface area (Å²) in [4.78, 5) is 10.6.